The van der Waals surface area contributed by atoms with Crippen LogP contribution in [0.15, 0.2) is 26.8 Å². The molecule has 0 aliphatic carbocycles. The van der Waals surface area contributed by atoms with Crippen LogP contribution in [0.25, 0.3) is 22.4 Å². The fraction of sp³-hybridized carbons (Fsp3) is 0.300. The van der Waals surface area contributed by atoms with Crippen molar-refractivity contribution in [3.05, 3.63) is 54.9 Å². The summed E-state index contributed by atoms with van der Waals surface area (Å²) in [7, 11) is 1.65. The van der Waals surface area contributed by atoms with Crippen molar-refractivity contribution in [2.45, 2.75) is 27.2 Å². The van der Waals surface area contributed by atoms with Crippen molar-refractivity contribution in [1.29, 1.82) is 0 Å². The molecule has 26 heavy (non-hydrogen) atoms. The van der Waals surface area contributed by atoms with Crippen LogP contribution in [0.1, 0.15) is 36.4 Å². The quantitative estimate of drug-likeness (QED) is 0.584. The van der Waals surface area contributed by atoms with Crippen molar-refractivity contribution >= 4 is 49.6 Å². The lowest BCUT2D eigenvalue weighted by molar-refractivity contribution is 0.411. The largest absolute Gasteiger partial charge is 0.496 e. The van der Waals surface area contributed by atoms with Gasteiger partial charge in [-0.2, -0.15) is 0 Å². The van der Waals surface area contributed by atoms with Crippen LogP contribution in [0.3, 0.4) is 0 Å². The number of thiophene rings is 1. The van der Waals surface area contributed by atoms with E-state index in [-0.39, 0.29) is 5.56 Å². The average Bonchev–Trinajstić information content (AvgIpc) is 2.98. The number of aromatic nitrogens is 2. The Hall–Kier alpha value is -1.92. The Kier molecular flexibility index (Phi) is 5.63. The Morgan fingerprint density at radius 2 is 2.12 bits per heavy atom. The number of hydrogen-bond acceptors (Lipinski definition) is 4. The second-order valence-corrected chi connectivity index (χ2v) is 8.37. The number of H-pyrrole nitrogens is 1. The highest BCUT2D eigenvalue weighted by Gasteiger charge is 2.12. The molecule has 1 N–H and O–H groups in total. The van der Waals surface area contributed by atoms with E-state index in [2.05, 4.69) is 39.7 Å². The number of nitrogens with one attached hydrogen (secondary N) is 1. The molecule has 0 unspecified atom stereocenters. The summed E-state index contributed by atoms with van der Waals surface area (Å²) >= 11 is 5.07. The van der Waals surface area contributed by atoms with Crippen molar-refractivity contribution < 1.29 is 4.74 Å². The minimum Gasteiger partial charge on any atom is -0.496 e. The van der Waals surface area contributed by atoms with Crippen molar-refractivity contribution in [2.24, 2.45) is 5.92 Å². The number of methoxy groups -OCH3 is 1. The highest BCUT2D eigenvalue weighted by Crippen LogP contribution is 2.29. The Balaban J connectivity index is 1.96. The van der Waals surface area contributed by atoms with Gasteiger partial charge in [0, 0.05) is 10.0 Å². The number of fused-ring (bicyclic) bond motifs is 1. The lowest BCUT2D eigenvalue weighted by atomic mass is 10.0. The fourth-order valence-corrected chi connectivity index (χ4v) is 4.27. The van der Waals surface area contributed by atoms with Crippen molar-refractivity contribution in [1.82, 2.24) is 9.97 Å². The molecule has 0 bridgehead atoms. The molecule has 3 aromatic rings. The molecular formula is C20H21BrN2O2S. The first-order chi connectivity index (χ1) is 12.4. The number of benzene rings is 1. The summed E-state index contributed by atoms with van der Waals surface area (Å²) in [6.07, 6.45) is 4.62. The highest BCUT2D eigenvalue weighted by atomic mass is 79.9. The van der Waals surface area contributed by atoms with E-state index in [0.717, 1.165) is 43.6 Å². The van der Waals surface area contributed by atoms with Gasteiger partial charge in [-0.1, -0.05) is 35.9 Å². The molecule has 2 heterocycles. The predicted octanol–water partition coefficient (Wildman–Crippen LogP) is 5.43. The monoisotopic (exact) mass is 432 g/mol. The van der Waals surface area contributed by atoms with Gasteiger partial charge in [0.15, 0.2) is 0 Å². The second-order valence-electron chi connectivity index (χ2n) is 6.65. The van der Waals surface area contributed by atoms with Gasteiger partial charge in [-0.3, -0.25) is 4.79 Å². The first kappa shape index (κ1) is 18.9. The zero-order valence-corrected chi connectivity index (χ0v) is 17.6. The van der Waals surface area contributed by atoms with E-state index >= 15 is 0 Å². The van der Waals surface area contributed by atoms with Gasteiger partial charge in [0.1, 0.15) is 16.4 Å². The van der Waals surface area contributed by atoms with Crippen LogP contribution in [0, 0.1) is 12.8 Å². The van der Waals surface area contributed by atoms with Gasteiger partial charge in [0.2, 0.25) is 0 Å². The molecule has 0 amide bonds. The number of nitrogens with zero attached hydrogens (tertiary/aromatic N) is 1. The third kappa shape index (κ3) is 3.91. The molecule has 0 spiro atoms. The molecule has 1 aromatic carbocycles. The number of hydrogen-bond donors (Lipinski definition) is 1. The molecule has 136 valence electrons. The van der Waals surface area contributed by atoms with E-state index in [0.29, 0.717) is 11.7 Å². The maximum Gasteiger partial charge on any atom is 0.260 e. The van der Waals surface area contributed by atoms with Gasteiger partial charge in [-0.15, -0.1) is 11.3 Å². The molecule has 4 nitrogen and oxygen atoms in total. The summed E-state index contributed by atoms with van der Waals surface area (Å²) in [4.78, 5) is 20.8. The Morgan fingerprint density at radius 3 is 2.81 bits per heavy atom. The Labute approximate surface area is 165 Å². The van der Waals surface area contributed by atoms with E-state index in [4.69, 9.17) is 4.74 Å². The molecule has 0 radical (unpaired) electrons. The van der Waals surface area contributed by atoms with E-state index < -0.39 is 0 Å². The molecule has 0 saturated carbocycles. The Bertz CT molecular complexity index is 1030. The van der Waals surface area contributed by atoms with Crippen LogP contribution >= 0.6 is 27.3 Å². The van der Waals surface area contributed by atoms with Crippen LogP contribution < -0.4 is 10.3 Å². The van der Waals surface area contributed by atoms with Crippen LogP contribution in [0.5, 0.6) is 5.75 Å². The van der Waals surface area contributed by atoms with E-state index in [1.54, 1.807) is 7.11 Å². The molecule has 0 saturated heterocycles. The zero-order valence-electron chi connectivity index (χ0n) is 15.2. The smallest absolute Gasteiger partial charge is 0.260 e. The van der Waals surface area contributed by atoms with Crippen LogP contribution in [-0.4, -0.2) is 17.1 Å². The first-order valence-electron chi connectivity index (χ1n) is 8.41. The number of aromatic amines is 1. The SMILES string of the molecule is COc1cc(/C=C/c2nc3scc(CC(C)C)c3c(=O)[nH]2)cc(Br)c1C. The van der Waals surface area contributed by atoms with Crippen molar-refractivity contribution in [3.8, 4) is 5.75 Å². The maximum absolute atomic E-state index is 12.5. The molecule has 6 heteroatoms. The van der Waals surface area contributed by atoms with Crippen LogP contribution in [0.4, 0.5) is 0 Å². The lowest BCUT2D eigenvalue weighted by Crippen LogP contribution is -2.10. The van der Waals surface area contributed by atoms with Gasteiger partial charge in [0.05, 0.1) is 12.5 Å². The van der Waals surface area contributed by atoms with Gasteiger partial charge in [-0.05, 0) is 54.0 Å². The molecule has 2 aromatic heterocycles. The van der Waals surface area contributed by atoms with Gasteiger partial charge < -0.3 is 9.72 Å². The highest BCUT2D eigenvalue weighted by molar-refractivity contribution is 9.10. The standard InChI is InChI=1S/C20H21BrN2O2S/c1-11(2)7-14-10-26-20-18(14)19(24)22-17(23-20)6-5-13-8-15(21)12(3)16(9-13)25-4/h5-6,8-11H,7H2,1-4H3,(H,22,23,24)/b6-5+. The third-order valence-corrected chi connectivity index (χ3v) is 5.88. The van der Waals surface area contributed by atoms with E-state index in [1.165, 1.54) is 11.3 Å². The number of ether oxygens (including phenoxy) is 1. The minimum absolute atomic E-state index is 0.0748. The summed E-state index contributed by atoms with van der Waals surface area (Å²) in [5.41, 5.74) is 3.02. The average molecular weight is 433 g/mol. The second kappa shape index (κ2) is 7.76. The molecule has 0 fully saturated rings. The van der Waals surface area contributed by atoms with Gasteiger partial charge >= 0.3 is 0 Å². The molecule has 0 atom stereocenters. The van der Waals surface area contributed by atoms with E-state index in [1.807, 2.05) is 36.6 Å². The van der Waals surface area contributed by atoms with E-state index in [9.17, 15) is 4.79 Å². The minimum atomic E-state index is -0.0748. The molecule has 3 rings (SSSR count). The third-order valence-electron chi connectivity index (χ3n) is 4.14. The predicted molar refractivity (Wildman–Crippen MR) is 113 cm³/mol. The summed E-state index contributed by atoms with van der Waals surface area (Å²) in [6.45, 7) is 6.29. The first-order valence-corrected chi connectivity index (χ1v) is 10.1. The zero-order chi connectivity index (χ0) is 18.8. The van der Waals surface area contributed by atoms with Gasteiger partial charge in [-0.25, -0.2) is 4.98 Å². The van der Waals surface area contributed by atoms with Crippen molar-refractivity contribution in [3.63, 3.8) is 0 Å². The number of rotatable bonds is 5. The normalized spacial score (nSPS) is 11.8. The fourth-order valence-electron chi connectivity index (χ4n) is 2.85. The van der Waals surface area contributed by atoms with Crippen LogP contribution in [0.2, 0.25) is 0 Å². The molecular weight excluding hydrogens is 412 g/mol. The Morgan fingerprint density at radius 1 is 1.35 bits per heavy atom. The summed E-state index contributed by atoms with van der Waals surface area (Å²) in [6, 6.07) is 3.97. The summed E-state index contributed by atoms with van der Waals surface area (Å²) in [5, 5.41) is 2.77. The summed E-state index contributed by atoms with van der Waals surface area (Å²) in [5.74, 6) is 1.87. The number of halogens is 1. The topological polar surface area (TPSA) is 55.0 Å². The molecule has 0 aliphatic heterocycles. The van der Waals surface area contributed by atoms with Crippen molar-refractivity contribution in [2.75, 3.05) is 7.11 Å². The summed E-state index contributed by atoms with van der Waals surface area (Å²) < 4.78 is 6.37. The van der Waals surface area contributed by atoms with Gasteiger partial charge in [0.25, 0.3) is 5.56 Å². The lowest BCUT2D eigenvalue weighted by Gasteiger charge is -2.08. The molecule has 0 aliphatic rings. The maximum atomic E-state index is 12.5. The van der Waals surface area contributed by atoms with Crippen LogP contribution in [-0.2, 0) is 6.42 Å².